The van der Waals surface area contributed by atoms with Gasteiger partial charge in [0.15, 0.2) is 0 Å². The minimum Gasteiger partial charge on any atom is -0.396 e. The summed E-state index contributed by atoms with van der Waals surface area (Å²) in [6.45, 7) is 2.16. The van der Waals surface area contributed by atoms with E-state index in [-0.39, 0.29) is 0 Å². The Labute approximate surface area is 76.8 Å². The number of rotatable bonds is 4. The highest BCUT2D eigenvalue weighted by atomic mass is 32.2. The van der Waals surface area contributed by atoms with Gasteiger partial charge >= 0.3 is 0 Å². The van der Waals surface area contributed by atoms with Crippen LogP contribution in [-0.4, -0.2) is 15.7 Å². The van der Waals surface area contributed by atoms with Crippen LogP contribution in [0.15, 0.2) is 12.4 Å². The summed E-state index contributed by atoms with van der Waals surface area (Å²) in [7, 11) is 0. The van der Waals surface area contributed by atoms with Gasteiger partial charge in [0.2, 0.25) is 0 Å². The van der Waals surface area contributed by atoms with E-state index in [2.05, 4.69) is 16.9 Å². The normalized spacial score (nSPS) is 10.1. The predicted octanol–water partition coefficient (Wildman–Crippen LogP) is 1.70. The van der Waals surface area contributed by atoms with Crippen LogP contribution in [0.3, 0.4) is 0 Å². The van der Waals surface area contributed by atoms with Crippen molar-refractivity contribution < 1.29 is 0 Å². The molecular weight excluding hydrogens is 170 g/mol. The maximum Gasteiger partial charge on any atom is 0.138 e. The van der Waals surface area contributed by atoms with Crippen molar-refractivity contribution in [3.8, 4) is 0 Å². The smallest absolute Gasteiger partial charge is 0.138 e. The minimum absolute atomic E-state index is 0.624. The van der Waals surface area contributed by atoms with Crippen molar-refractivity contribution in [1.82, 2.24) is 9.97 Å². The van der Waals surface area contributed by atoms with Crippen molar-refractivity contribution in [2.75, 3.05) is 11.5 Å². The van der Waals surface area contributed by atoms with Crippen molar-refractivity contribution in [2.45, 2.75) is 19.1 Å². The molecule has 1 aromatic rings. The lowest BCUT2D eigenvalue weighted by atomic mass is 10.5. The van der Waals surface area contributed by atoms with Crippen LogP contribution in [0.25, 0.3) is 0 Å². The maximum atomic E-state index is 5.45. The lowest BCUT2D eigenvalue weighted by molar-refractivity contribution is 1.03. The van der Waals surface area contributed by atoms with E-state index < -0.39 is 0 Å². The Morgan fingerprint density at radius 3 is 2.67 bits per heavy atom. The summed E-state index contributed by atoms with van der Waals surface area (Å²) < 4.78 is 0. The van der Waals surface area contributed by atoms with E-state index in [1.165, 1.54) is 6.42 Å². The maximum absolute atomic E-state index is 5.45. The van der Waals surface area contributed by atoms with Crippen LogP contribution in [0, 0.1) is 0 Å². The fourth-order valence-electron chi connectivity index (χ4n) is 0.747. The molecule has 0 bridgehead atoms. The summed E-state index contributed by atoms with van der Waals surface area (Å²) in [5.74, 6) is 2.91. The average molecular weight is 183 g/mol. The molecule has 0 spiro atoms. The van der Waals surface area contributed by atoms with Gasteiger partial charge in [0.05, 0.1) is 23.8 Å². The molecule has 0 aliphatic rings. The third-order valence-electron chi connectivity index (χ3n) is 1.30. The van der Waals surface area contributed by atoms with E-state index in [0.717, 1.165) is 17.3 Å². The van der Waals surface area contributed by atoms with Crippen LogP contribution >= 0.6 is 11.8 Å². The molecule has 0 aliphatic heterocycles. The number of hydrogen-bond acceptors (Lipinski definition) is 4. The van der Waals surface area contributed by atoms with Crippen molar-refractivity contribution >= 4 is 17.4 Å². The Balaban J connectivity index is 2.37. The highest BCUT2D eigenvalue weighted by Gasteiger charge is 1.94. The molecule has 1 aromatic heterocycles. The molecule has 0 saturated carbocycles. The number of hydrogen-bond donors (Lipinski definition) is 1. The topological polar surface area (TPSA) is 51.8 Å². The van der Waals surface area contributed by atoms with Crippen LogP contribution in [0.5, 0.6) is 0 Å². The Morgan fingerprint density at radius 1 is 1.42 bits per heavy atom. The molecule has 0 aliphatic carbocycles. The summed E-state index contributed by atoms with van der Waals surface area (Å²) in [5.41, 5.74) is 6.07. The second-order valence-electron chi connectivity index (χ2n) is 2.49. The van der Waals surface area contributed by atoms with Gasteiger partial charge in [0, 0.05) is 0 Å². The van der Waals surface area contributed by atoms with Gasteiger partial charge in [0.1, 0.15) is 5.82 Å². The van der Waals surface area contributed by atoms with Gasteiger partial charge in [-0.3, -0.25) is 0 Å². The van der Waals surface area contributed by atoms with E-state index in [0.29, 0.717) is 5.69 Å². The monoisotopic (exact) mass is 183 g/mol. The number of aromatic nitrogens is 2. The average Bonchev–Trinajstić information content (AvgIpc) is 2.09. The Morgan fingerprint density at radius 2 is 2.08 bits per heavy atom. The first-order chi connectivity index (χ1) is 5.83. The van der Waals surface area contributed by atoms with Crippen molar-refractivity contribution in [3.05, 3.63) is 18.2 Å². The molecule has 0 radical (unpaired) electrons. The first-order valence-electron chi connectivity index (χ1n) is 3.97. The van der Waals surface area contributed by atoms with E-state index in [1.807, 2.05) is 11.8 Å². The second kappa shape index (κ2) is 4.98. The van der Waals surface area contributed by atoms with Crippen molar-refractivity contribution in [3.63, 3.8) is 0 Å². The number of anilines is 1. The molecule has 0 unspecified atom stereocenters. The Hall–Kier alpha value is -0.770. The number of thioether (sulfide) groups is 1. The van der Waals surface area contributed by atoms with Crippen LogP contribution in [0.4, 0.5) is 5.69 Å². The second-order valence-corrected chi connectivity index (χ2v) is 3.59. The molecule has 66 valence electrons. The molecule has 0 amide bonds. The highest BCUT2D eigenvalue weighted by Crippen LogP contribution is 2.09. The van der Waals surface area contributed by atoms with Gasteiger partial charge < -0.3 is 5.73 Å². The minimum atomic E-state index is 0.624. The van der Waals surface area contributed by atoms with E-state index >= 15 is 0 Å². The third kappa shape index (κ3) is 3.09. The Bertz CT molecular complexity index is 222. The molecule has 1 heterocycles. The quantitative estimate of drug-likeness (QED) is 0.722. The van der Waals surface area contributed by atoms with Crippen LogP contribution in [0.2, 0.25) is 0 Å². The van der Waals surface area contributed by atoms with Gasteiger partial charge in [-0.25, -0.2) is 9.97 Å². The number of nitrogens with zero attached hydrogens (tertiary/aromatic N) is 2. The SMILES string of the molecule is CCCSCc1ncc(N)cn1. The van der Waals surface area contributed by atoms with Gasteiger partial charge in [-0.05, 0) is 12.2 Å². The summed E-state index contributed by atoms with van der Waals surface area (Å²) in [6, 6.07) is 0. The number of nitrogen functional groups attached to an aromatic ring is 1. The third-order valence-corrected chi connectivity index (χ3v) is 2.46. The van der Waals surface area contributed by atoms with Crippen LogP contribution in [-0.2, 0) is 5.75 Å². The molecule has 12 heavy (non-hydrogen) atoms. The molecule has 0 aromatic carbocycles. The van der Waals surface area contributed by atoms with Crippen LogP contribution < -0.4 is 5.73 Å². The van der Waals surface area contributed by atoms with E-state index in [4.69, 9.17) is 5.73 Å². The van der Waals surface area contributed by atoms with E-state index in [9.17, 15) is 0 Å². The zero-order valence-electron chi connectivity index (χ0n) is 7.16. The fraction of sp³-hybridized carbons (Fsp3) is 0.500. The highest BCUT2D eigenvalue weighted by molar-refractivity contribution is 7.98. The summed E-state index contributed by atoms with van der Waals surface area (Å²) in [4.78, 5) is 8.19. The molecule has 4 heteroatoms. The molecular formula is C8H13N3S. The summed E-state index contributed by atoms with van der Waals surface area (Å²) in [5, 5.41) is 0. The van der Waals surface area contributed by atoms with Crippen LogP contribution in [0.1, 0.15) is 19.2 Å². The Kier molecular flexibility index (Phi) is 3.87. The lowest BCUT2D eigenvalue weighted by Crippen LogP contribution is -1.94. The standard InChI is InChI=1S/C8H13N3S/c1-2-3-12-6-8-10-4-7(9)5-11-8/h4-5H,2-3,6,9H2,1H3. The van der Waals surface area contributed by atoms with Gasteiger partial charge in [-0.2, -0.15) is 11.8 Å². The largest absolute Gasteiger partial charge is 0.396 e. The van der Waals surface area contributed by atoms with Crippen molar-refractivity contribution in [2.24, 2.45) is 0 Å². The molecule has 3 nitrogen and oxygen atoms in total. The molecule has 0 fully saturated rings. The molecule has 0 saturated heterocycles. The first-order valence-corrected chi connectivity index (χ1v) is 5.12. The predicted molar refractivity (Wildman–Crippen MR) is 52.9 cm³/mol. The summed E-state index contributed by atoms with van der Waals surface area (Å²) in [6.07, 6.45) is 4.49. The molecule has 1 rings (SSSR count). The molecule has 0 atom stereocenters. The van der Waals surface area contributed by atoms with Gasteiger partial charge in [-0.15, -0.1) is 0 Å². The zero-order valence-corrected chi connectivity index (χ0v) is 7.97. The molecule has 2 N–H and O–H groups in total. The van der Waals surface area contributed by atoms with Gasteiger partial charge in [0.25, 0.3) is 0 Å². The van der Waals surface area contributed by atoms with Gasteiger partial charge in [-0.1, -0.05) is 6.92 Å². The van der Waals surface area contributed by atoms with Crippen molar-refractivity contribution in [1.29, 1.82) is 0 Å². The first kappa shape index (κ1) is 9.32. The van der Waals surface area contributed by atoms with E-state index in [1.54, 1.807) is 12.4 Å². The lowest BCUT2D eigenvalue weighted by Gasteiger charge is -1.98. The summed E-state index contributed by atoms with van der Waals surface area (Å²) >= 11 is 1.85. The zero-order chi connectivity index (χ0) is 8.81. The number of nitrogens with two attached hydrogens (primary N) is 1. The fourth-order valence-corrected chi connectivity index (χ4v) is 1.51.